The normalized spacial score (nSPS) is 15.6. The van der Waals surface area contributed by atoms with Crippen molar-refractivity contribution < 1.29 is 27.9 Å². The van der Waals surface area contributed by atoms with Gasteiger partial charge >= 0.3 is 6.03 Å². The number of rotatable bonds is 7. The molecule has 1 heterocycles. The third-order valence-corrected chi connectivity index (χ3v) is 6.53. The van der Waals surface area contributed by atoms with Crippen molar-refractivity contribution in [2.75, 3.05) is 18.4 Å². The SMILES string of the molecule is CC.CC(CNC(=O)Nc1ccccc1)NC(=O)C1CCN1S(=O)(=O)c1ccccc1.O=CO. The lowest BCUT2D eigenvalue weighted by atomic mass is 10.1. The van der Waals surface area contributed by atoms with Gasteiger partial charge in [-0.25, -0.2) is 13.2 Å². The number of hydrogen-bond donors (Lipinski definition) is 4. The molecule has 186 valence electrons. The van der Waals surface area contributed by atoms with Crippen LogP contribution in [0.25, 0.3) is 0 Å². The Morgan fingerprint density at radius 1 is 1.09 bits per heavy atom. The molecular formula is C23H32N4O6S. The first-order valence-corrected chi connectivity index (χ1v) is 12.3. The number of hydrogen-bond acceptors (Lipinski definition) is 5. The molecule has 4 N–H and O–H groups in total. The van der Waals surface area contributed by atoms with Crippen molar-refractivity contribution in [1.82, 2.24) is 14.9 Å². The summed E-state index contributed by atoms with van der Waals surface area (Å²) in [6.45, 7) is 6.01. The van der Waals surface area contributed by atoms with E-state index in [4.69, 9.17) is 9.90 Å². The summed E-state index contributed by atoms with van der Waals surface area (Å²) in [6.07, 6.45) is 0.465. The Morgan fingerprint density at radius 2 is 1.62 bits per heavy atom. The Labute approximate surface area is 200 Å². The largest absolute Gasteiger partial charge is 0.483 e. The molecule has 2 aromatic rings. The van der Waals surface area contributed by atoms with Gasteiger partial charge in [-0.2, -0.15) is 4.31 Å². The first-order valence-electron chi connectivity index (χ1n) is 10.8. The second kappa shape index (κ2) is 14.7. The molecule has 3 amide bonds. The summed E-state index contributed by atoms with van der Waals surface area (Å²) in [4.78, 5) is 33.0. The van der Waals surface area contributed by atoms with Crippen LogP contribution in [-0.4, -0.2) is 61.4 Å². The second-order valence-electron chi connectivity index (χ2n) is 6.95. The molecule has 0 spiro atoms. The fourth-order valence-corrected chi connectivity index (χ4v) is 4.63. The minimum Gasteiger partial charge on any atom is -0.483 e. The van der Waals surface area contributed by atoms with E-state index >= 15 is 0 Å². The molecule has 3 rings (SSSR count). The zero-order valence-electron chi connectivity index (χ0n) is 19.5. The molecule has 0 bridgehead atoms. The molecule has 1 aliphatic heterocycles. The van der Waals surface area contributed by atoms with Crippen LogP contribution in [0.4, 0.5) is 10.5 Å². The highest BCUT2D eigenvalue weighted by Crippen LogP contribution is 2.27. The number of carbonyl (C=O) groups excluding carboxylic acids is 2. The number of sulfonamides is 1. The zero-order chi connectivity index (χ0) is 25.6. The highest BCUT2D eigenvalue weighted by Gasteiger charge is 2.42. The van der Waals surface area contributed by atoms with Crippen LogP contribution in [0.1, 0.15) is 27.2 Å². The van der Waals surface area contributed by atoms with Crippen LogP contribution in [0.3, 0.4) is 0 Å². The molecule has 0 radical (unpaired) electrons. The Hall–Kier alpha value is -3.44. The first kappa shape index (κ1) is 28.6. The van der Waals surface area contributed by atoms with Crippen molar-refractivity contribution in [1.29, 1.82) is 0 Å². The predicted octanol–water partition coefficient (Wildman–Crippen LogP) is 2.50. The van der Waals surface area contributed by atoms with Crippen LogP contribution in [0.15, 0.2) is 65.6 Å². The fraction of sp³-hybridized carbons (Fsp3) is 0.348. The van der Waals surface area contributed by atoms with Crippen LogP contribution in [0.2, 0.25) is 0 Å². The third kappa shape index (κ3) is 8.49. The van der Waals surface area contributed by atoms with Crippen molar-refractivity contribution in [3.8, 4) is 0 Å². The number of amides is 3. The topological polar surface area (TPSA) is 145 Å². The van der Waals surface area contributed by atoms with E-state index in [1.165, 1.54) is 16.4 Å². The lowest BCUT2D eigenvalue weighted by molar-refractivity contribution is -0.128. The number of nitrogens with one attached hydrogen (secondary N) is 3. The van der Waals surface area contributed by atoms with E-state index in [0.29, 0.717) is 18.7 Å². The smallest absolute Gasteiger partial charge is 0.319 e. The summed E-state index contributed by atoms with van der Waals surface area (Å²) in [6, 6.07) is 15.6. The monoisotopic (exact) mass is 492 g/mol. The summed E-state index contributed by atoms with van der Waals surface area (Å²) in [5, 5.41) is 15.0. The van der Waals surface area contributed by atoms with Gasteiger partial charge in [-0.3, -0.25) is 9.59 Å². The number of nitrogens with zero attached hydrogens (tertiary/aromatic N) is 1. The van der Waals surface area contributed by atoms with Gasteiger partial charge in [0, 0.05) is 24.8 Å². The van der Waals surface area contributed by atoms with E-state index in [2.05, 4.69) is 16.0 Å². The molecule has 2 atom stereocenters. The highest BCUT2D eigenvalue weighted by atomic mass is 32.2. The predicted molar refractivity (Wildman–Crippen MR) is 130 cm³/mol. The Bertz CT molecular complexity index is 1000. The van der Waals surface area contributed by atoms with E-state index in [9.17, 15) is 18.0 Å². The summed E-state index contributed by atoms with van der Waals surface area (Å²) < 4.78 is 26.6. The average Bonchev–Trinajstić information content (AvgIpc) is 2.80. The fourth-order valence-electron chi connectivity index (χ4n) is 2.97. The van der Waals surface area contributed by atoms with Crippen molar-refractivity contribution in [3.05, 3.63) is 60.7 Å². The molecule has 34 heavy (non-hydrogen) atoms. The van der Waals surface area contributed by atoms with Gasteiger partial charge in [0.15, 0.2) is 0 Å². The molecular weight excluding hydrogens is 460 g/mol. The van der Waals surface area contributed by atoms with Crippen molar-refractivity contribution in [2.24, 2.45) is 0 Å². The highest BCUT2D eigenvalue weighted by molar-refractivity contribution is 7.89. The van der Waals surface area contributed by atoms with E-state index in [-0.39, 0.29) is 35.9 Å². The first-order chi connectivity index (χ1) is 16.3. The molecule has 1 fully saturated rings. The van der Waals surface area contributed by atoms with Crippen molar-refractivity contribution in [3.63, 3.8) is 0 Å². The molecule has 2 unspecified atom stereocenters. The van der Waals surface area contributed by atoms with Crippen LogP contribution < -0.4 is 16.0 Å². The Morgan fingerprint density at radius 3 is 2.12 bits per heavy atom. The Kier molecular flexibility index (Phi) is 12.3. The number of carbonyl (C=O) groups is 3. The van der Waals surface area contributed by atoms with Crippen LogP contribution in [0.5, 0.6) is 0 Å². The van der Waals surface area contributed by atoms with E-state index in [1.54, 1.807) is 37.3 Å². The average molecular weight is 493 g/mol. The van der Waals surface area contributed by atoms with Gasteiger partial charge in [-0.15, -0.1) is 0 Å². The minimum atomic E-state index is -3.70. The maximum Gasteiger partial charge on any atom is 0.319 e. The number of benzene rings is 2. The van der Waals surface area contributed by atoms with Crippen LogP contribution in [0, 0.1) is 0 Å². The van der Waals surface area contributed by atoms with Gasteiger partial charge in [-0.05, 0) is 37.6 Å². The molecule has 11 heteroatoms. The summed E-state index contributed by atoms with van der Waals surface area (Å²) in [7, 11) is -3.70. The quantitative estimate of drug-likeness (QED) is 0.437. The molecule has 10 nitrogen and oxygen atoms in total. The van der Waals surface area contributed by atoms with Crippen molar-refractivity contribution >= 4 is 34.1 Å². The lowest BCUT2D eigenvalue weighted by Crippen LogP contribution is -2.59. The molecule has 1 saturated heterocycles. The van der Waals surface area contributed by atoms with E-state index in [1.807, 2.05) is 32.0 Å². The van der Waals surface area contributed by atoms with Crippen LogP contribution >= 0.6 is 0 Å². The maximum atomic E-state index is 12.7. The summed E-state index contributed by atoms with van der Waals surface area (Å²) in [5.74, 6) is -0.367. The standard InChI is InChI=1S/C20H24N4O4S.C2H6.CH2O2/c1-15(14-21-20(26)23-16-8-4-2-5-9-16)22-19(25)18-12-13-24(18)29(27,28)17-10-6-3-7-11-17;1-2;2-1-3/h2-11,15,18H,12-14H2,1H3,(H,22,25)(H2,21,23,26);1-2H3;1H,(H,2,3). The van der Waals surface area contributed by atoms with Gasteiger partial charge < -0.3 is 21.1 Å². The van der Waals surface area contributed by atoms with Gasteiger partial charge in [-0.1, -0.05) is 50.2 Å². The summed E-state index contributed by atoms with van der Waals surface area (Å²) in [5.41, 5.74) is 0.665. The number of urea groups is 1. The molecule has 2 aromatic carbocycles. The number of anilines is 1. The van der Waals surface area contributed by atoms with Gasteiger partial charge in [0.25, 0.3) is 6.47 Å². The minimum absolute atomic E-state index is 0.171. The molecule has 0 aliphatic carbocycles. The maximum absolute atomic E-state index is 12.7. The van der Waals surface area contributed by atoms with E-state index < -0.39 is 16.1 Å². The van der Waals surface area contributed by atoms with Crippen molar-refractivity contribution in [2.45, 2.75) is 44.2 Å². The summed E-state index contributed by atoms with van der Waals surface area (Å²) >= 11 is 0. The second-order valence-corrected chi connectivity index (χ2v) is 8.84. The van der Waals surface area contributed by atoms with Gasteiger partial charge in [0.05, 0.1) is 4.90 Å². The van der Waals surface area contributed by atoms with Gasteiger partial charge in [0.2, 0.25) is 15.9 Å². The third-order valence-electron chi connectivity index (χ3n) is 4.61. The Balaban J connectivity index is 0.00000107. The lowest BCUT2D eigenvalue weighted by Gasteiger charge is -2.38. The zero-order valence-corrected chi connectivity index (χ0v) is 20.3. The van der Waals surface area contributed by atoms with Gasteiger partial charge in [0.1, 0.15) is 6.04 Å². The van der Waals surface area contributed by atoms with E-state index in [0.717, 1.165) is 0 Å². The number of carboxylic acid groups (broad SMARTS) is 1. The van der Waals surface area contributed by atoms with Crippen LogP contribution in [-0.2, 0) is 19.6 Å². The number of para-hydroxylation sites is 1. The molecule has 1 aliphatic rings. The molecule has 0 saturated carbocycles. The molecule has 0 aromatic heterocycles.